The number of rotatable bonds is 2. The van der Waals surface area contributed by atoms with Crippen molar-refractivity contribution in [2.75, 3.05) is 11.9 Å². The lowest BCUT2D eigenvalue weighted by Gasteiger charge is -2.04. The van der Waals surface area contributed by atoms with E-state index in [0.29, 0.717) is 5.69 Å². The third-order valence-corrected chi connectivity index (χ3v) is 2.42. The van der Waals surface area contributed by atoms with Crippen LogP contribution in [0.5, 0.6) is 0 Å². The number of hydrogen-bond donors (Lipinski definition) is 2. The number of aryl methyl sites for hydroxylation is 1. The summed E-state index contributed by atoms with van der Waals surface area (Å²) in [5.74, 6) is 4.54. The standard InChI is InChI=1S/C14H12FN3O2/c1-9-7-13(20-18-9)17-14(19)12-5-4-11(15)8-10(12)3-2-6-16/h4-5,7-8H,6,16H2,1H3,(H,17,19). The maximum atomic E-state index is 13.2. The number of hydrogen-bond acceptors (Lipinski definition) is 4. The van der Waals surface area contributed by atoms with Gasteiger partial charge in [0.15, 0.2) is 0 Å². The van der Waals surface area contributed by atoms with Crippen LogP contribution in [0.3, 0.4) is 0 Å². The number of amides is 1. The first kappa shape index (κ1) is 13.8. The molecule has 3 N–H and O–H groups in total. The van der Waals surface area contributed by atoms with Crippen LogP contribution in [-0.4, -0.2) is 17.6 Å². The Morgan fingerprint density at radius 2 is 2.30 bits per heavy atom. The van der Waals surface area contributed by atoms with E-state index in [9.17, 15) is 9.18 Å². The van der Waals surface area contributed by atoms with Gasteiger partial charge in [-0.3, -0.25) is 10.1 Å². The van der Waals surface area contributed by atoms with Crippen molar-refractivity contribution in [3.8, 4) is 11.8 Å². The third kappa shape index (κ3) is 3.22. The summed E-state index contributed by atoms with van der Waals surface area (Å²) in [5.41, 5.74) is 6.42. The summed E-state index contributed by atoms with van der Waals surface area (Å²) in [6.45, 7) is 1.86. The summed E-state index contributed by atoms with van der Waals surface area (Å²) in [6, 6.07) is 5.30. The molecule has 2 rings (SSSR count). The molecule has 0 aliphatic carbocycles. The molecule has 5 nitrogen and oxygen atoms in total. The molecule has 20 heavy (non-hydrogen) atoms. The normalized spacial score (nSPS) is 9.75. The van der Waals surface area contributed by atoms with Crippen LogP contribution in [0.4, 0.5) is 10.3 Å². The second-order valence-electron chi connectivity index (χ2n) is 3.98. The van der Waals surface area contributed by atoms with Gasteiger partial charge in [-0.2, -0.15) is 0 Å². The summed E-state index contributed by atoms with van der Waals surface area (Å²) < 4.78 is 18.1. The molecule has 1 amide bonds. The van der Waals surface area contributed by atoms with Crippen molar-refractivity contribution in [2.45, 2.75) is 6.92 Å². The molecule has 0 saturated heterocycles. The number of carbonyl (C=O) groups excluding carboxylic acids is 1. The molecule has 0 saturated carbocycles. The van der Waals surface area contributed by atoms with Gasteiger partial charge in [-0.25, -0.2) is 4.39 Å². The minimum Gasteiger partial charge on any atom is -0.338 e. The highest BCUT2D eigenvalue weighted by atomic mass is 19.1. The molecule has 0 spiro atoms. The first-order chi connectivity index (χ1) is 9.60. The summed E-state index contributed by atoms with van der Waals surface area (Å²) in [7, 11) is 0. The van der Waals surface area contributed by atoms with E-state index in [-0.39, 0.29) is 23.6 Å². The minimum atomic E-state index is -0.474. The molecular weight excluding hydrogens is 261 g/mol. The van der Waals surface area contributed by atoms with Crippen LogP contribution < -0.4 is 11.1 Å². The monoisotopic (exact) mass is 273 g/mol. The van der Waals surface area contributed by atoms with Crippen LogP contribution in [0, 0.1) is 24.6 Å². The Hall–Kier alpha value is -2.65. The Balaban J connectivity index is 2.29. The summed E-state index contributed by atoms with van der Waals surface area (Å²) in [5, 5.41) is 6.18. The molecule has 0 fully saturated rings. The van der Waals surface area contributed by atoms with Crippen molar-refractivity contribution < 1.29 is 13.7 Å². The Labute approximate surface area is 114 Å². The van der Waals surface area contributed by atoms with Gasteiger partial charge in [0, 0.05) is 11.6 Å². The third-order valence-electron chi connectivity index (χ3n) is 2.42. The number of carbonyl (C=O) groups is 1. The fourth-order valence-corrected chi connectivity index (χ4v) is 1.57. The molecule has 1 heterocycles. The van der Waals surface area contributed by atoms with Gasteiger partial charge >= 0.3 is 0 Å². The predicted octanol–water partition coefficient (Wildman–Crippen LogP) is 1.68. The molecule has 0 aliphatic heterocycles. The van der Waals surface area contributed by atoms with E-state index in [4.69, 9.17) is 10.3 Å². The van der Waals surface area contributed by atoms with Gasteiger partial charge in [0.05, 0.1) is 17.8 Å². The van der Waals surface area contributed by atoms with E-state index >= 15 is 0 Å². The maximum Gasteiger partial charge on any atom is 0.259 e. The van der Waals surface area contributed by atoms with Crippen LogP contribution in [-0.2, 0) is 0 Å². The molecule has 102 valence electrons. The van der Waals surface area contributed by atoms with Crippen molar-refractivity contribution in [3.05, 3.63) is 46.9 Å². The summed E-state index contributed by atoms with van der Waals surface area (Å²) >= 11 is 0. The lowest BCUT2D eigenvalue weighted by atomic mass is 10.1. The molecule has 1 aromatic carbocycles. The Morgan fingerprint density at radius 1 is 1.50 bits per heavy atom. The highest BCUT2D eigenvalue weighted by molar-refractivity contribution is 6.05. The lowest BCUT2D eigenvalue weighted by molar-refractivity contribution is 0.102. The molecule has 6 heteroatoms. The summed E-state index contributed by atoms with van der Waals surface area (Å²) in [4.78, 5) is 12.1. The van der Waals surface area contributed by atoms with Crippen LogP contribution in [0.2, 0.25) is 0 Å². The van der Waals surface area contributed by atoms with Gasteiger partial charge in [0.25, 0.3) is 5.91 Å². The Kier molecular flexibility index (Phi) is 4.13. The number of halogens is 1. The van der Waals surface area contributed by atoms with Crippen LogP contribution >= 0.6 is 0 Å². The molecule has 2 aromatic rings. The van der Waals surface area contributed by atoms with Crippen molar-refractivity contribution in [1.82, 2.24) is 5.16 Å². The molecule has 0 aliphatic rings. The number of anilines is 1. The smallest absolute Gasteiger partial charge is 0.259 e. The van der Waals surface area contributed by atoms with Gasteiger partial charge in [0.1, 0.15) is 5.82 Å². The van der Waals surface area contributed by atoms with Gasteiger partial charge < -0.3 is 10.3 Å². The molecule has 0 atom stereocenters. The highest BCUT2D eigenvalue weighted by Gasteiger charge is 2.13. The van der Waals surface area contributed by atoms with Crippen LogP contribution in [0.1, 0.15) is 21.6 Å². The number of nitrogens with one attached hydrogen (secondary N) is 1. The largest absolute Gasteiger partial charge is 0.338 e. The number of aromatic nitrogens is 1. The molecule has 0 radical (unpaired) electrons. The van der Waals surface area contributed by atoms with Gasteiger partial charge in [0.2, 0.25) is 5.88 Å². The Morgan fingerprint density at radius 3 is 2.95 bits per heavy atom. The van der Waals surface area contributed by atoms with Crippen LogP contribution in [0.15, 0.2) is 28.8 Å². The SMILES string of the molecule is Cc1cc(NC(=O)c2ccc(F)cc2C#CCN)on1. The van der Waals surface area contributed by atoms with E-state index in [1.165, 1.54) is 18.2 Å². The average molecular weight is 273 g/mol. The fraction of sp³-hybridized carbons (Fsp3) is 0.143. The second-order valence-corrected chi connectivity index (χ2v) is 3.98. The van der Waals surface area contributed by atoms with Crippen molar-refractivity contribution in [1.29, 1.82) is 0 Å². The second kappa shape index (κ2) is 5.99. The minimum absolute atomic E-state index is 0.124. The van der Waals surface area contributed by atoms with Crippen molar-refractivity contribution >= 4 is 11.8 Å². The number of nitrogens with zero attached hydrogens (tertiary/aromatic N) is 1. The van der Waals surface area contributed by atoms with Gasteiger partial charge in [-0.15, -0.1) is 0 Å². The van der Waals surface area contributed by atoms with E-state index in [0.717, 1.165) is 0 Å². The van der Waals surface area contributed by atoms with Crippen molar-refractivity contribution in [3.63, 3.8) is 0 Å². The molecule has 0 unspecified atom stereocenters. The number of nitrogens with two attached hydrogens (primary N) is 1. The quantitative estimate of drug-likeness (QED) is 0.816. The summed E-state index contributed by atoms with van der Waals surface area (Å²) in [6.07, 6.45) is 0. The zero-order valence-corrected chi connectivity index (χ0v) is 10.7. The first-order valence-electron chi connectivity index (χ1n) is 5.83. The van der Waals surface area contributed by atoms with E-state index < -0.39 is 11.7 Å². The zero-order chi connectivity index (χ0) is 14.5. The first-order valence-corrected chi connectivity index (χ1v) is 5.83. The fourth-order valence-electron chi connectivity index (χ4n) is 1.57. The predicted molar refractivity (Wildman–Crippen MR) is 71.5 cm³/mol. The zero-order valence-electron chi connectivity index (χ0n) is 10.7. The molecular formula is C14H12FN3O2. The highest BCUT2D eigenvalue weighted by Crippen LogP contribution is 2.14. The van der Waals surface area contributed by atoms with E-state index in [1.807, 2.05) is 0 Å². The van der Waals surface area contributed by atoms with Gasteiger partial charge in [-0.1, -0.05) is 17.0 Å². The van der Waals surface area contributed by atoms with Crippen molar-refractivity contribution in [2.24, 2.45) is 5.73 Å². The molecule has 0 bridgehead atoms. The van der Waals surface area contributed by atoms with E-state index in [2.05, 4.69) is 22.3 Å². The van der Waals surface area contributed by atoms with Gasteiger partial charge in [-0.05, 0) is 25.1 Å². The topological polar surface area (TPSA) is 81.2 Å². The molecule has 1 aromatic heterocycles. The average Bonchev–Trinajstić information content (AvgIpc) is 2.81. The van der Waals surface area contributed by atoms with E-state index in [1.54, 1.807) is 13.0 Å². The Bertz CT molecular complexity index is 698. The maximum absolute atomic E-state index is 13.2. The lowest BCUT2D eigenvalue weighted by Crippen LogP contribution is -2.13. The number of benzene rings is 1. The van der Waals surface area contributed by atoms with Crippen LogP contribution in [0.25, 0.3) is 0 Å².